The summed E-state index contributed by atoms with van der Waals surface area (Å²) in [6.45, 7) is 12.1. The Morgan fingerprint density at radius 3 is 2.33 bits per heavy atom. The van der Waals surface area contributed by atoms with E-state index in [9.17, 15) is 19.5 Å². The lowest BCUT2D eigenvalue weighted by Crippen LogP contribution is -2.59. The maximum Gasteiger partial charge on any atom is 0.313 e. The average Bonchev–Trinajstić information content (AvgIpc) is 3.33. The molecule has 1 spiro atoms. The number of nitrogens with zero attached hydrogens (tertiary/aromatic N) is 3. The van der Waals surface area contributed by atoms with E-state index in [4.69, 9.17) is 9.47 Å². The number of benzene rings is 1. The first kappa shape index (κ1) is 30.3. The lowest BCUT2D eigenvalue weighted by Gasteiger charge is -2.41. The first-order valence-electron chi connectivity index (χ1n) is 15.5. The number of hydrogen-bond acceptors (Lipinski definition) is 7. The molecule has 6 atom stereocenters. The van der Waals surface area contributed by atoms with Gasteiger partial charge >= 0.3 is 5.97 Å². The minimum absolute atomic E-state index is 0.163. The number of hydrogen-bond donors (Lipinski definition) is 1. The van der Waals surface area contributed by atoms with E-state index in [0.717, 1.165) is 18.8 Å². The monoisotopic (exact) mass is 579 g/mol. The normalized spacial score (nSPS) is 31.3. The molecule has 0 aromatic heterocycles. The molecule has 4 heterocycles. The third-order valence-corrected chi connectivity index (χ3v) is 9.48. The first-order valence-corrected chi connectivity index (χ1v) is 15.5. The quantitative estimate of drug-likeness (QED) is 0.352. The van der Waals surface area contributed by atoms with Gasteiger partial charge in [0, 0.05) is 31.0 Å². The smallest absolute Gasteiger partial charge is 0.313 e. The molecule has 1 N–H and O–H groups in total. The first-order chi connectivity index (χ1) is 20.2. The topological polar surface area (TPSA) is 99.6 Å². The van der Waals surface area contributed by atoms with E-state index in [-0.39, 0.29) is 37.5 Å². The Morgan fingerprint density at radius 1 is 1.00 bits per heavy atom. The van der Waals surface area contributed by atoms with Crippen LogP contribution >= 0.6 is 0 Å². The maximum atomic E-state index is 14.8. The van der Waals surface area contributed by atoms with Crippen LogP contribution in [0.15, 0.2) is 48.6 Å². The fraction of sp³-hybridized carbons (Fsp3) is 0.606. The van der Waals surface area contributed by atoms with Crippen LogP contribution in [0.5, 0.6) is 0 Å². The van der Waals surface area contributed by atoms with E-state index in [1.165, 1.54) is 4.90 Å². The highest BCUT2D eigenvalue weighted by molar-refractivity contribution is 6.06. The molecule has 2 fully saturated rings. The summed E-state index contributed by atoms with van der Waals surface area (Å²) >= 11 is 0. The van der Waals surface area contributed by atoms with Gasteiger partial charge in [-0.1, -0.05) is 45.1 Å². The lowest BCUT2D eigenvalue weighted by atomic mass is 9.73. The van der Waals surface area contributed by atoms with Gasteiger partial charge in [-0.3, -0.25) is 14.4 Å². The Hall–Kier alpha value is -3.17. The van der Waals surface area contributed by atoms with Gasteiger partial charge < -0.3 is 29.3 Å². The Labute approximate surface area is 249 Å². The summed E-state index contributed by atoms with van der Waals surface area (Å²) in [6, 6.07) is 6.24. The van der Waals surface area contributed by atoms with Crippen LogP contribution in [-0.4, -0.2) is 83.9 Å². The standard InChI is InChI=1S/C33H45N3O6/c1-6-32-16-9-10-19-41-31(40)27(32)26-29(38)36(25(21-37)20-22(4)5)28-30(39)35(18-11-17-33(26,28)42-32)24-14-12-23(13-15-24)34(7-2)8-3/h9,11-17,22,25-28,37H,6-8,10,18-21H2,1-5H3/t25-,26+,27+,28?,32-,33+/m1/s1. The third-order valence-electron chi connectivity index (χ3n) is 9.48. The Kier molecular flexibility index (Phi) is 8.54. The van der Waals surface area contributed by atoms with Crippen LogP contribution in [0.25, 0.3) is 0 Å². The highest BCUT2D eigenvalue weighted by atomic mass is 16.6. The largest absolute Gasteiger partial charge is 0.465 e. The molecule has 0 radical (unpaired) electrons. The number of rotatable bonds is 9. The molecular formula is C33H45N3O6. The molecule has 5 rings (SSSR count). The maximum absolute atomic E-state index is 14.8. The number of carbonyl (C=O) groups is 3. The fourth-order valence-corrected chi connectivity index (χ4v) is 7.55. The van der Waals surface area contributed by atoms with Crippen molar-refractivity contribution >= 4 is 29.2 Å². The molecular weight excluding hydrogens is 534 g/mol. The predicted molar refractivity (Wildman–Crippen MR) is 161 cm³/mol. The predicted octanol–water partition coefficient (Wildman–Crippen LogP) is 3.71. The van der Waals surface area contributed by atoms with Crippen molar-refractivity contribution < 1.29 is 29.0 Å². The second kappa shape index (κ2) is 11.8. The zero-order chi connectivity index (χ0) is 30.2. The van der Waals surface area contributed by atoms with Crippen LogP contribution in [0.1, 0.15) is 53.9 Å². The summed E-state index contributed by atoms with van der Waals surface area (Å²) < 4.78 is 12.6. The molecule has 1 aromatic rings. The zero-order valence-electron chi connectivity index (χ0n) is 25.5. The number of aliphatic hydroxyl groups excluding tert-OH is 1. The molecule has 1 aromatic carbocycles. The molecule has 2 amide bonds. The summed E-state index contributed by atoms with van der Waals surface area (Å²) in [5.74, 6) is -2.81. The van der Waals surface area contributed by atoms with E-state index >= 15 is 0 Å². The van der Waals surface area contributed by atoms with Gasteiger partial charge in [0.1, 0.15) is 23.2 Å². The van der Waals surface area contributed by atoms with Gasteiger partial charge in [-0.05, 0) is 63.3 Å². The molecule has 1 unspecified atom stereocenters. The van der Waals surface area contributed by atoms with E-state index < -0.39 is 41.1 Å². The van der Waals surface area contributed by atoms with Crippen molar-refractivity contribution in [2.24, 2.45) is 17.8 Å². The highest BCUT2D eigenvalue weighted by Gasteiger charge is 2.76. The molecule has 0 aliphatic carbocycles. The van der Waals surface area contributed by atoms with E-state index in [2.05, 4.69) is 18.7 Å². The number of fused-ring (bicyclic) bond motifs is 2. The number of aliphatic hydroxyl groups is 1. The molecule has 9 heteroatoms. The molecule has 4 aliphatic rings. The van der Waals surface area contributed by atoms with Gasteiger partial charge in [-0.2, -0.15) is 0 Å². The molecule has 4 aliphatic heterocycles. The van der Waals surface area contributed by atoms with Crippen molar-refractivity contribution in [3.8, 4) is 0 Å². The number of cyclic esters (lactones) is 1. The Morgan fingerprint density at radius 2 is 1.71 bits per heavy atom. The van der Waals surface area contributed by atoms with E-state index in [0.29, 0.717) is 24.9 Å². The summed E-state index contributed by atoms with van der Waals surface area (Å²) in [7, 11) is 0. The second-order valence-corrected chi connectivity index (χ2v) is 12.2. The molecule has 0 saturated carbocycles. The van der Waals surface area contributed by atoms with Gasteiger partial charge in [0.15, 0.2) is 0 Å². The van der Waals surface area contributed by atoms with Crippen LogP contribution in [0.2, 0.25) is 0 Å². The van der Waals surface area contributed by atoms with Crippen LogP contribution in [0.4, 0.5) is 11.4 Å². The van der Waals surface area contributed by atoms with Crippen LogP contribution in [-0.2, 0) is 23.9 Å². The van der Waals surface area contributed by atoms with Gasteiger partial charge in [-0.25, -0.2) is 0 Å². The van der Waals surface area contributed by atoms with Crippen molar-refractivity contribution in [3.05, 3.63) is 48.6 Å². The molecule has 42 heavy (non-hydrogen) atoms. The van der Waals surface area contributed by atoms with E-state index in [1.807, 2.05) is 69.3 Å². The molecule has 228 valence electrons. The van der Waals surface area contributed by atoms with Gasteiger partial charge in [0.25, 0.3) is 5.91 Å². The van der Waals surface area contributed by atoms with Gasteiger partial charge in [0.05, 0.1) is 25.2 Å². The minimum Gasteiger partial charge on any atom is -0.465 e. The van der Waals surface area contributed by atoms with Gasteiger partial charge in [0.2, 0.25) is 5.91 Å². The van der Waals surface area contributed by atoms with Crippen molar-refractivity contribution in [2.45, 2.75) is 77.2 Å². The average molecular weight is 580 g/mol. The summed E-state index contributed by atoms with van der Waals surface area (Å²) in [4.78, 5) is 48.4. The molecule has 0 bridgehead atoms. The number of carbonyl (C=O) groups excluding carboxylic acids is 3. The number of esters is 1. The number of amides is 2. The Balaban J connectivity index is 1.64. The molecule has 9 nitrogen and oxygen atoms in total. The van der Waals surface area contributed by atoms with Crippen LogP contribution in [0.3, 0.4) is 0 Å². The highest BCUT2D eigenvalue weighted by Crippen LogP contribution is 2.59. The second-order valence-electron chi connectivity index (χ2n) is 12.2. The number of likely N-dealkylation sites (tertiary alicyclic amines) is 1. The number of anilines is 2. The SMILES string of the molecule is CCN(CC)c1ccc(N2CC=C[C@]34O[C@]5(CC)C=CCCOC(=O)[C@@H]5[C@H]3C(=O)N([C@@H](CO)CC(C)C)C4C2=O)cc1. The van der Waals surface area contributed by atoms with Crippen molar-refractivity contribution in [1.82, 2.24) is 4.90 Å². The molecule has 2 saturated heterocycles. The summed E-state index contributed by atoms with van der Waals surface area (Å²) in [5.41, 5.74) is -0.687. The van der Waals surface area contributed by atoms with Crippen molar-refractivity contribution in [1.29, 1.82) is 0 Å². The zero-order valence-corrected chi connectivity index (χ0v) is 25.5. The van der Waals surface area contributed by atoms with Gasteiger partial charge in [-0.15, -0.1) is 0 Å². The number of ether oxygens (including phenoxy) is 2. The minimum atomic E-state index is -1.39. The van der Waals surface area contributed by atoms with Crippen molar-refractivity contribution in [3.63, 3.8) is 0 Å². The third kappa shape index (κ3) is 4.74. The van der Waals surface area contributed by atoms with Crippen LogP contribution < -0.4 is 9.80 Å². The van der Waals surface area contributed by atoms with Crippen LogP contribution in [0, 0.1) is 17.8 Å². The summed E-state index contributed by atoms with van der Waals surface area (Å²) in [5, 5.41) is 10.6. The van der Waals surface area contributed by atoms with E-state index in [1.54, 1.807) is 4.90 Å². The van der Waals surface area contributed by atoms with Crippen molar-refractivity contribution in [2.75, 3.05) is 42.6 Å². The Bertz CT molecular complexity index is 1240. The fourth-order valence-electron chi connectivity index (χ4n) is 7.55. The summed E-state index contributed by atoms with van der Waals surface area (Å²) in [6.07, 6.45) is 9.07. The lowest BCUT2D eigenvalue weighted by molar-refractivity contribution is -0.162.